The molecule has 0 N–H and O–H groups in total. The first kappa shape index (κ1) is 39.1. The van der Waals surface area contributed by atoms with E-state index >= 15 is 0 Å². The molecule has 0 amide bonds. The van der Waals surface area contributed by atoms with Crippen molar-refractivity contribution >= 4 is 99.5 Å². The van der Waals surface area contributed by atoms with Gasteiger partial charge in [0.15, 0.2) is 0 Å². The molecule has 2 aliphatic heterocycles. The number of para-hydroxylation sites is 4. The van der Waals surface area contributed by atoms with Gasteiger partial charge in [-0.15, -0.1) is 0 Å². The van der Waals surface area contributed by atoms with E-state index in [0.717, 1.165) is 55.3 Å². The Morgan fingerprint density at radius 1 is 0.333 bits per heavy atom. The minimum absolute atomic E-state index is 0.287. The predicted molar refractivity (Wildman–Crippen MR) is 278 cm³/mol. The quantitative estimate of drug-likeness (QED) is 0.165. The highest BCUT2D eigenvalue weighted by molar-refractivity contribution is 6.25. The molecule has 0 unspecified atom stereocenters. The average molecular weight is 857 g/mol. The highest BCUT2D eigenvalue weighted by Crippen LogP contribution is 2.60. The molecule has 0 saturated carbocycles. The van der Waals surface area contributed by atoms with Crippen molar-refractivity contribution in [1.29, 1.82) is 0 Å². The molecule has 9 aromatic carbocycles. The lowest BCUT2D eigenvalue weighted by atomic mass is 9.72. The number of hydrogen-bond acceptors (Lipinski definition) is 4. The van der Waals surface area contributed by atoms with E-state index in [1.807, 2.05) is 0 Å². The Morgan fingerprint density at radius 3 is 1.15 bits per heavy atom. The van der Waals surface area contributed by atoms with Crippen molar-refractivity contribution in [3.63, 3.8) is 0 Å². The largest absolute Gasteiger partial charge is 0.456 e. The van der Waals surface area contributed by atoms with E-state index in [-0.39, 0.29) is 10.8 Å². The molecular weight excluding hydrogens is 805 g/mol. The molecule has 66 heavy (non-hydrogen) atoms. The lowest BCUT2D eigenvalue weighted by molar-refractivity contribution is 0.630. The van der Waals surface area contributed by atoms with Crippen LogP contribution >= 0.6 is 0 Å². The van der Waals surface area contributed by atoms with Crippen LogP contribution in [-0.2, 0) is 10.8 Å². The summed E-state index contributed by atoms with van der Waals surface area (Å²) in [4.78, 5) is 5.16. The zero-order valence-corrected chi connectivity index (χ0v) is 38.9. The van der Waals surface area contributed by atoms with Crippen LogP contribution in [-0.4, -0.2) is 0 Å². The molecule has 0 spiro atoms. The maximum atomic E-state index is 6.72. The molecule has 11 aromatic rings. The Labute approximate surface area is 385 Å². The summed E-state index contributed by atoms with van der Waals surface area (Å²) in [5.74, 6) is 0.636. The summed E-state index contributed by atoms with van der Waals surface area (Å²) >= 11 is 0. The first-order valence-electron chi connectivity index (χ1n) is 23.6. The Hall–Kier alpha value is -7.30. The molecule has 0 aliphatic carbocycles. The molecule has 0 radical (unpaired) electrons. The molecule has 4 nitrogen and oxygen atoms in total. The smallest absolute Gasteiger partial charge is 0.137 e. The van der Waals surface area contributed by atoms with Crippen molar-refractivity contribution in [1.82, 2.24) is 0 Å². The lowest BCUT2D eigenvalue weighted by Gasteiger charge is -2.44. The second kappa shape index (κ2) is 13.6. The number of fused-ring (bicyclic) bond motifs is 12. The van der Waals surface area contributed by atoms with E-state index in [9.17, 15) is 0 Å². The van der Waals surface area contributed by atoms with E-state index < -0.39 is 0 Å². The van der Waals surface area contributed by atoms with Gasteiger partial charge >= 0.3 is 0 Å². The fourth-order valence-corrected chi connectivity index (χ4v) is 11.7. The summed E-state index contributed by atoms with van der Waals surface area (Å²) in [5, 5.41) is 9.39. The summed E-state index contributed by atoms with van der Waals surface area (Å²) < 4.78 is 13.4. The second-order valence-electron chi connectivity index (χ2n) is 20.5. The molecule has 4 heterocycles. The third kappa shape index (κ3) is 5.27. The van der Waals surface area contributed by atoms with Crippen molar-refractivity contribution in [2.24, 2.45) is 0 Å². The van der Waals surface area contributed by atoms with Crippen LogP contribution in [0.3, 0.4) is 0 Å². The van der Waals surface area contributed by atoms with Gasteiger partial charge in [-0.25, -0.2) is 0 Å². The fraction of sp³-hybridized carbons (Fsp3) is 0.194. The summed E-state index contributed by atoms with van der Waals surface area (Å²) in [6, 6.07) is 59.0. The molecule has 0 atom stereocenters. The zero-order chi connectivity index (χ0) is 45.0. The molecule has 2 aromatic heterocycles. The summed E-state index contributed by atoms with van der Waals surface area (Å²) in [5.41, 5.74) is 17.8. The minimum atomic E-state index is -0.287. The van der Waals surface area contributed by atoms with Gasteiger partial charge in [-0.1, -0.05) is 152 Å². The van der Waals surface area contributed by atoms with Crippen LogP contribution in [0.15, 0.2) is 167 Å². The third-order valence-electron chi connectivity index (χ3n) is 15.3. The van der Waals surface area contributed by atoms with Crippen LogP contribution in [0.5, 0.6) is 0 Å². The summed E-state index contributed by atoms with van der Waals surface area (Å²) in [6.45, 7) is 18.8. The molecule has 4 heteroatoms. The first-order chi connectivity index (χ1) is 31.9. The van der Waals surface area contributed by atoms with Crippen LogP contribution in [0.1, 0.15) is 101 Å². The number of benzene rings is 9. The molecule has 13 rings (SSSR count). The van der Waals surface area contributed by atoms with Crippen molar-refractivity contribution in [3.05, 3.63) is 191 Å². The highest BCUT2D eigenvalue weighted by atomic mass is 16.3. The zero-order valence-electron chi connectivity index (χ0n) is 38.9. The van der Waals surface area contributed by atoms with Gasteiger partial charge in [-0.2, -0.15) is 0 Å². The normalized spacial score (nSPS) is 15.1. The third-order valence-corrected chi connectivity index (χ3v) is 15.3. The second-order valence-corrected chi connectivity index (χ2v) is 20.5. The van der Waals surface area contributed by atoms with E-state index in [2.05, 4.69) is 223 Å². The monoisotopic (exact) mass is 856 g/mol. The van der Waals surface area contributed by atoms with Crippen molar-refractivity contribution < 1.29 is 8.83 Å². The molecule has 0 saturated heterocycles. The van der Waals surface area contributed by atoms with Crippen LogP contribution in [0.2, 0.25) is 0 Å². The predicted octanol–water partition coefficient (Wildman–Crippen LogP) is 18.3. The van der Waals surface area contributed by atoms with E-state index in [1.165, 1.54) is 77.7 Å². The van der Waals surface area contributed by atoms with Gasteiger partial charge in [0.1, 0.15) is 22.3 Å². The Morgan fingerprint density at radius 2 is 0.727 bits per heavy atom. The molecule has 322 valence electrons. The van der Waals surface area contributed by atoms with Crippen molar-refractivity contribution in [2.75, 3.05) is 9.80 Å². The summed E-state index contributed by atoms with van der Waals surface area (Å²) in [6.07, 6.45) is 0. The lowest BCUT2D eigenvalue weighted by Crippen LogP contribution is -2.31. The van der Waals surface area contributed by atoms with Crippen LogP contribution in [0, 0.1) is 0 Å². The standard InChI is InChI=1S/C62H52N2O2/c1-35(2)37-25-27-41-45(29-37)59(63-51-21-13-11-19-47(51)61(5,6)49-31-43-39-17-9-15-23-55(39)65-57(43)33-53(49)63)42-28-26-38(36(3)4)30-46(42)60(41)64-52-22-14-12-20-48(52)62(7,8)50-32-44-40-18-10-16-24-56(40)66-58(44)34-54(50)64/h9-36H,1-8H3. The van der Waals surface area contributed by atoms with E-state index in [4.69, 9.17) is 8.83 Å². The average Bonchev–Trinajstić information content (AvgIpc) is 3.88. The Bertz CT molecular complexity index is 3610. The van der Waals surface area contributed by atoms with Gasteiger partial charge in [0.2, 0.25) is 0 Å². The van der Waals surface area contributed by atoms with Gasteiger partial charge in [-0.3, -0.25) is 0 Å². The van der Waals surface area contributed by atoms with Gasteiger partial charge < -0.3 is 18.6 Å². The number of rotatable bonds is 4. The Balaban J connectivity index is 1.20. The first-order valence-corrected chi connectivity index (χ1v) is 23.6. The van der Waals surface area contributed by atoms with Gasteiger partial charge in [-0.05, 0) is 93.7 Å². The number of nitrogens with zero attached hydrogens (tertiary/aromatic N) is 2. The highest BCUT2D eigenvalue weighted by Gasteiger charge is 2.42. The maximum absolute atomic E-state index is 6.72. The molecule has 2 aliphatic rings. The number of furan rings is 2. The van der Waals surface area contributed by atoms with E-state index in [0.29, 0.717) is 11.8 Å². The minimum Gasteiger partial charge on any atom is -0.456 e. The molecular formula is C62H52N2O2. The SMILES string of the molecule is CC(C)c1ccc2c(N3c4ccccc4C(C)(C)c4cc5c(cc43)oc3ccccc35)c3cc(C(C)C)ccc3c(N3c4ccccc4C(C)(C)c4cc5c(cc43)oc3ccccc35)c2c1. The topological polar surface area (TPSA) is 32.8 Å². The Kier molecular flexibility index (Phi) is 8.07. The van der Waals surface area contributed by atoms with Crippen LogP contribution in [0.25, 0.3) is 65.4 Å². The van der Waals surface area contributed by atoms with Gasteiger partial charge in [0.05, 0.1) is 34.1 Å². The van der Waals surface area contributed by atoms with Crippen molar-refractivity contribution in [2.45, 2.75) is 78.1 Å². The maximum Gasteiger partial charge on any atom is 0.137 e. The van der Waals surface area contributed by atoms with Crippen LogP contribution in [0.4, 0.5) is 34.1 Å². The molecule has 0 bridgehead atoms. The number of anilines is 6. The van der Waals surface area contributed by atoms with Crippen LogP contribution < -0.4 is 9.80 Å². The molecule has 0 fully saturated rings. The van der Waals surface area contributed by atoms with E-state index in [1.54, 1.807) is 0 Å². The van der Waals surface area contributed by atoms with Crippen molar-refractivity contribution in [3.8, 4) is 0 Å². The number of hydrogen-bond donors (Lipinski definition) is 0. The summed E-state index contributed by atoms with van der Waals surface area (Å²) in [7, 11) is 0. The van der Waals surface area contributed by atoms with Gasteiger partial charge in [0.25, 0.3) is 0 Å². The fourth-order valence-electron chi connectivity index (χ4n) is 11.7. The van der Waals surface area contributed by atoms with Gasteiger partial charge in [0, 0.05) is 66.1 Å².